The Hall–Kier alpha value is -2.45. The van der Waals surface area contributed by atoms with Crippen LogP contribution in [0.15, 0.2) is 69.0 Å². The third-order valence-corrected chi connectivity index (χ3v) is 7.25. The number of hydrogen-bond acceptors (Lipinski definition) is 5. The van der Waals surface area contributed by atoms with E-state index in [0.717, 1.165) is 23.2 Å². The molecule has 0 radical (unpaired) electrons. The Bertz CT molecular complexity index is 1330. The van der Waals surface area contributed by atoms with Crippen LogP contribution in [0.3, 0.4) is 0 Å². The van der Waals surface area contributed by atoms with Gasteiger partial charge in [0, 0.05) is 15.6 Å². The maximum atomic E-state index is 12.5. The van der Waals surface area contributed by atoms with Crippen molar-refractivity contribution in [3.8, 4) is 11.5 Å². The number of carbonyl (C=O) groups excluding carboxylic acids is 1. The van der Waals surface area contributed by atoms with Gasteiger partial charge < -0.3 is 14.8 Å². The average Bonchev–Trinajstić information content (AvgIpc) is 3.17. The fraction of sp³-hybridized carbons (Fsp3) is 0.154. The lowest BCUT2D eigenvalue weighted by Gasteiger charge is -2.14. The molecule has 1 amide bonds. The Kier molecular flexibility index (Phi) is 8.44. The van der Waals surface area contributed by atoms with E-state index >= 15 is 0 Å². The summed E-state index contributed by atoms with van der Waals surface area (Å²) in [5.74, 6) is 0.846. The normalized spacial score (nSPS) is 15.5. The number of amides is 1. The number of amidine groups is 1. The molecule has 0 bridgehead atoms. The maximum absolute atomic E-state index is 12.5. The lowest BCUT2D eigenvalue weighted by Crippen LogP contribution is -2.19. The standard InChI is InChI=1S/C26H21BrCl2N2O3S/c1-3-15-4-8-19(9-5-15)30-26-31-25(32)23(35-26)12-16-10-20(27)24(22(11-16)33-2)34-14-17-6-7-18(28)13-21(17)29/h4-13H,3,14H2,1-2H3,(H,30,31,32). The van der Waals surface area contributed by atoms with Crippen LogP contribution in [0.4, 0.5) is 5.69 Å². The molecule has 0 spiro atoms. The quantitative estimate of drug-likeness (QED) is 0.285. The van der Waals surface area contributed by atoms with Crippen molar-refractivity contribution in [2.45, 2.75) is 20.0 Å². The minimum atomic E-state index is -0.202. The predicted octanol–water partition coefficient (Wildman–Crippen LogP) is 7.80. The van der Waals surface area contributed by atoms with Gasteiger partial charge in [-0.25, -0.2) is 4.99 Å². The second kappa shape index (κ2) is 11.5. The molecule has 3 aromatic carbocycles. The fourth-order valence-electron chi connectivity index (χ4n) is 3.31. The molecule has 1 fully saturated rings. The number of thioether (sulfide) groups is 1. The SMILES string of the molecule is CCc1ccc(N=C2NC(=O)C(=Cc3cc(Br)c(OCc4ccc(Cl)cc4Cl)c(OC)c3)S2)cc1. The Morgan fingerprint density at radius 3 is 2.57 bits per heavy atom. The summed E-state index contributed by atoms with van der Waals surface area (Å²) in [7, 11) is 1.56. The molecule has 0 aliphatic carbocycles. The van der Waals surface area contributed by atoms with E-state index in [0.29, 0.717) is 36.1 Å². The van der Waals surface area contributed by atoms with E-state index in [-0.39, 0.29) is 12.5 Å². The van der Waals surface area contributed by atoms with E-state index in [4.69, 9.17) is 32.7 Å². The molecule has 1 aliphatic heterocycles. The third kappa shape index (κ3) is 6.41. The van der Waals surface area contributed by atoms with Crippen molar-refractivity contribution in [3.05, 3.63) is 90.7 Å². The molecule has 180 valence electrons. The molecular weight excluding hydrogens is 571 g/mol. The summed E-state index contributed by atoms with van der Waals surface area (Å²) >= 11 is 17.1. The summed E-state index contributed by atoms with van der Waals surface area (Å²) in [6.45, 7) is 2.34. The second-order valence-electron chi connectivity index (χ2n) is 7.56. The Labute approximate surface area is 226 Å². The van der Waals surface area contributed by atoms with Gasteiger partial charge in [0.1, 0.15) is 6.61 Å². The van der Waals surface area contributed by atoms with E-state index in [1.165, 1.54) is 17.3 Å². The summed E-state index contributed by atoms with van der Waals surface area (Å²) in [5, 5.41) is 4.44. The molecule has 0 unspecified atom stereocenters. The first-order chi connectivity index (χ1) is 16.9. The number of nitrogens with zero attached hydrogens (tertiary/aromatic N) is 1. The number of methoxy groups -OCH3 is 1. The molecule has 4 rings (SSSR count). The van der Waals surface area contributed by atoms with E-state index in [1.54, 1.807) is 25.3 Å². The van der Waals surface area contributed by atoms with E-state index in [9.17, 15) is 4.79 Å². The molecule has 0 atom stereocenters. The first-order valence-corrected chi connectivity index (χ1v) is 13.1. The molecule has 1 N–H and O–H groups in total. The van der Waals surface area contributed by atoms with Gasteiger partial charge in [-0.1, -0.05) is 48.3 Å². The highest BCUT2D eigenvalue weighted by atomic mass is 79.9. The highest BCUT2D eigenvalue weighted by Gasteiger charge is 2.24. The zero-order valence-electron chi connectivity index (χ0n) is 18.9. The topological polar surface area (TPSA) is 59.9 Å². The Balaban J connectivity index is 1.52. The average molecular weight is 592 g/mol. The lowest BCUT2D eigenvalue weighted by atomic mass is 10.1. The first kappa shape index (κ1) is 25.6. The Morgan fingerprint density at radius 2 is 1.89 bits per heavy atom. The largest absolute Gasteiger partial charge is 0.493 e. The van der Waals surface area contributed by atoms with Crippen molar-refractivity contribution in [2.24, 2.45) is 4.99 Å². The highest BCUT2D eigenvalue weighted by Crippen LogP contribution is 2.39. The molecule has 1 aliphatic rings. The summed E-state index contributed by atoms with van der Waals surface area (Å²) in [6.07, 6.45) is 2.75. The van der Waals surface area contributed by atoms with Gasteiger partial charge in [-0.2, -0.15) is 0 Å². The van der Waals surface area contributed by atoms with E-state index < -0.39 is 0 Å². The van der Waals surface area contributed by atoms with Crippen LogP contribution in [-0.4, -0.2) is 18.2 Å². The van der Waals surface area contributed by atoms with Crippen LogP contribution < -0.4 is 14.8 Å². The molecule has 5 nitrogen and oxygen atoms in total. The number of hydrogen-bond donors (Lipinski definition) is 1. The van der Waals surface area contributed by atoms with E-state index in [2.05, 4.69) is 33.2 Å². The van der Waals surface area contributed by atoms with Gasteiger partial charge in [0.25, 0.3) is 5.91 Å². The van der Waals surface area contributed by atoms with Crippen LogP contribution in [0, 0.1) is 0 Å². The summed E-state index contributed by atoms with van der Waals surface area (Å²) in [4.78, 5) is 17.6. The molecule has 3 aromatic rings. The summed E-state index contributed by atoms with van der Waals surface area (Å²) in [5.41, 5.74) is 3.60. The molecule has 35 heavy (non-hydrogen) atoms. The number of carbonyl (C=O) groups is 1. The number of halogens is 3. The van der Waals surface area contributed by atoms with Crippen LogP contribution >= 0.6 is 50.9 Å². The number of rotatable bonds is 7. The van der Waals surface area contributed by atoms with Crippen molar-refractivity contribution >= 4 is 73.7 Å². The molecule has 1 saturated heterocycles. The van der Waals surface area contributed by atoms with Crippen LogP contribution in [0.2, 0.25) is 10.0 Å². The van der Waals surface area contributed by atoms with Crippen LogP contribution in [0.1, 0.15) is 23.6 Å². The second-order valence-corrected chi connectivity index (χ2v) is 10.3. The number of ether oxygens (including phenoxy) is 2. The predicted molar refractivity (Wildman–Crippen MR) is 148 cm³/mol. The van der Waals surface area contributed by atoms with Gasteiger partial charge in [0.15, 0.2) is 16.7 Å². The number of aryl methyl sites for hydroxylation is 1. The minimum Gasteiger partial charge on any atom is -0.493 e. The zero-order valence-corrected chi connectivity index (χ0v) is 22.8. The number of aliphatic imine (C=N–C) groups is 1. The van der Waals surface area contributed by atoms with Crippen molar-refractivity contribution in [1.29, 1.82) is 0 Å². The van der Waals surface area contributed by atoms with E-state index in [1.807, 2.05) is 42.5 Å². The van der Waals surface area contributed by atoms with Crippen molar-refractivity contribution in [2.75, 3.05) is 7.11 Å². The summed E-state index contributed by atoms with van der Waals surface area (Å²) in [6, 6.07) is 16.9. The molecule has 0 saturated carbocycles. The fourth-order valence-corrected chi connectivity index (χ4v) is 5.19. The zero-order chi connectivity index (χ0) is 24.9. The van der Waals surface area contributed by atoms with Gasteiger partial charge in [0.05, 0.1) is 22.2 Å². The monoisotopic (exact) mass is 590 g/mol. The van der Waals surface area contributed by atoms with Crippen molar-refractivity contribution < 1.29 is 14.3 Å². The van der Waals surface area contributed by atoms with Gasteiger partial charge in [-0.3, -0.25) is 4.79 Å². The lowest BCUT2D eigenvalue weighted by molar-refractivity contribution is -0.115. The van der Waals surface area contributed by atoms with Gasteiger partial charge in [0.2, 0.25) is 0 Å². The van der Waals surface area contributed by atoms with Gasteiger partial charge in [-0.05, 0) is 87.7 Å². The number of nitrogens with one attached hydrogen (secondary N) is 1. The van der Waals surface area contributed by atoms with Gasteiger partial charge in [-0.15, -0.1) is 0 Å². The molecule has 9 heteroatoms. The van der Waals surface area contributed by atoms with Crippen molar-refractivity contribution in [1.82, 2.24) is 5.32 Å². The first-order valence-electron chi connectivity index (χ1n) is 10.7. The molecular formula is C26H21BrCl2N2O3S. The van der Waals surface area contributed by atoms with Gasteiger partial charge >= 0.3 is 0 Å². The molecule has 0 aromatic heterocycles. The minimum absolute atomic E-state index is 0.202. The maximum Gasteiger partial charge on any atom is 0.264 e. The molecule has 1 heterocycles. The smallest absolute Gasteiger partial charge is 0.264 e. The van der Waals surface area contributed by atoms with Crippen LogP contribution in [0.25, 0.3) is 6.08 Å². The van der Waals surface area contributed by atoms with Crippen LogP contribution in [0.5, 0.6) is 11.5 Å². The highest BCUT2D eigenvalue weighted by molar-refractivity contribution is 9.10. The summed E-state index contributed by atoms with van der Waals surface area (Å²) < 4.78 is 12.2. The van der Waals surface area contributed by atoms with Crippen molar-refractivity contribution in [3.63, 3.8) is 0 Å². The number of benzene rings is 3. The third-order valence-electron chi connectivity index (χ3n) is 5.16. The van der Waals surface area contributed by atoms with Crippen LogP contribution in [-0.2, 0) is 17.8 Å². The Morgan fingerprint density at radius 1 is 1.11 bits per heavy atom.